The smallest absolute Gasteiger partial charge is 0.336 e. The lowest BCUT2D eigenvalue weighted by atomic mass is 10.1. The van der Waals surface area contributed by atoms with Crippen molar-refractivity contribution in [3.63, 3.8) is 0 Å². The molecule has 3 heterocycles. The molecule has 9 heteroatoms. The van der Waals surface area contributed by atoms with Crippen LogP contribution in [0, 0.1) is 5.82 Å². The summed E-state index contributed by atoms with van der Waals surface area (Å²) in [5.41, 5.74) is -0.447. The van der Waals surface area contributed by atoms with E-state index in [4.69, 9.17) is 0 Å². The van der Waals surface area contributed by atoms with Crippen molar-refractivity contribution in [3.05, 3.63) is 65.2 Å². The van der Waals surface area contributed by atoms with E-state index in [0.717, 1.165) is 0 Å². The van der Waals surface area contributed by atoms with Crippen LogP contribution in [-0.4, -0.2) is 51.9 Å². The Balaban J connectivity index is 1.49. The van der Waals surface area contributed by atoms with Crippen LogP contribution in [0.25, 0.3) is 11.0 Å². The molecule has 1 amide bonds. The summed E-state index contributed by atoms with van der Waals surface area (Å²) in [6.07, 6.45) is -3.07. The summed E-state index contributed by atoms with van der Waals surface area (Å²) >= 11 is 0. The quantitative estimate of drug-likeness (QED) is 0.676. The summed E-state index contributed by atoms with van der Waals surface area (Å²) in [5.74, 6) is -0.990. The largest absolute Gasteiger partial charge is 0.431 e. The highest BCUT2D eigenvalue weighted by molar-refractivity contribution is 5.94. The third-order valence-corrected chi connectivity index (χ3v) is 5.11. The first-order valence-electron chi connectivity index (χ1n) is 9.13. The highest BCUT2D eigenvalue weighted by atomic mass is 19.4. The van der Waals surface area contributed by atoms with Crippen molar-refractivity contribution in [1.29, 1.82) is 0 Å². The summed E-state index contributed by atoms with van der Waals surface area (Å²) in [4.78, 5) is 22.3. The molecule has 1 saturated heterocycles. The predicted molar refractivity (Wildman–Crippen MR) is 98.7 cm³/mol. The Morgan fingerprint density at radius 2 is 1.79 bits per heavy atom. The van der Waals surface area contributed by atoms with Gasteiger partial charge in [0.05, 0.1) is 5.56 Å². The minimum Gasteiger partial charge on any atom is -0.336 e. The highest BCUT2D eigenvalue weighted by Crippen LogP contribution is 2.35. The zero-order valence-corrected chi connectivity index (χ0v) is 15.3. The number of benzene rings is 1. The topological polar surface area (TPSA) is 52.2 Å². The Morgan fingerprint density at radius 1 is 1.07 bits per heavy atom. The van der Waals surface area contributed by atoms with Crippen LogP contribution in [0.3, 0.4) is 0 Å². The number of nitrogens with zero attached hydrogens (tertiary/aromatic N) is 3. The fraction of sp³-hybridized carbons (Fsp3) is 0.300. The average Bonchev–Trinajstić information content (AvgIpc) is 3.08. The summed E-state index contributed by atoms with van der Waals surface area (Å²) in [7, 11) is 0. The fourth-order valence-corrected chi connectivity index (χ4v) is 3.62. The van der Waals surface area contributed by atoms with Gasteiger partial charge in [0.1, 0.15) is 17.2 Å². The van der Waals surface area contributed by atoms with Gasteiger partial charge in [0.15, 0.2) is 0 Å². The lowest BCUT2D eigenvalue weighted by molar-refractivity contribution is -0.141. The Kier molecular flexibility index (Phi) is 4.99. The molecule has 1 aliphatic rings. The molecule has 152 valence electrons. The van der Waals surface area contributed by atoms with Crippen LogP contribution in [0.15, 0.2) is 42.6 Å². The van der Waals surface area contributed by atoms with E-state index in [1.807, 2.05) is 4.90 Å². The molecule has 1 aliphatic heterocycles. The van der Waals surface area contributed by atoms with Gasteiger partial charge in [-0.2, -0.15) is 13.2 Å². The van der Waals surface area contributed by atoms with Crippen molar-refractivity contribution in [2.45, 2.75) is 12.7 Å². The molecule has 5 nitrogen and oxygen atoms in total. The minimum atomic E-state index is -4.52. The highest BCUT2D eigenvalue weighted by Gasteiger charge is 2.37. The lowest BCUT2D eigenvalue weighted by Gasteiger charge is -2.35. The van der Waals surface area contributed by atoms with Crippen molar-refractivity contribution >= 4 is 16.9 Å². The van der Waals surface area contributed by atoms with Crippen LogP contribution in [-0.2, 0) is 12.7 Å². The number of H-pyrrole nitrogens is 1. The van der Waals surface area contributed by atoms with Gasteiger partial charge in [-0.25, -0.2) is 9.37 Å². The number of aromatic nitrogens is 2. The summed E-state index contributed by atoms with van der Waals surface area (Å²) in [5, 5.41) is 0.435. The number of hydrogen-bond acceptors (Lipinski definition) is 3. The molecule has 0 saturated carbocycles. The fourth-order valence-electron chi connectivity index (χ4n) is 3.62. The Bertz CT molecular complexity index is 1040. The van der Waals surface area contributed by atoms with Gasteiger partial charge in [0, 0.05) is 49.9 Å². The maximum absolute atomic E-state index is 13.9. The number of nitrogens with one attached hydrogen (secondary N) is 1. The third kappa shape index (κ3) is 3.82. The first-order valence-corrected chi connectivity index (χ1v) is 9.13. The standard InChI is InChI=1S/C20H18F4N4O/c21-16-6-2-1-4-14(16)19(29)28-10-8-27(9-11-28)12-15-13-5-3-7-25-18(13)26-17(15)20(22,23)24/h1-7H,8-12H2,(H,25,26). The van der Waals surface area contributed by atoms with Gasteiger partial charge in [-0.15, -0.1) is 0 Å². The minimum absolute atomic E-state index is 0.00279. The summed E-state index contributed by atoms with van der Waals surface area (Å²) in [6, 6.07) is 8.98. The normalized spacial score (nSPS) is 15.8. The van der Waals surface area contributed by atoms with Gasteiger partial charge in [-0.05, 0) is 24.3 Å². The number of hydrogen-bond donors (Lipinski definition) is 1. The second-order valence-corrected chi connectivity index (χ2v) is 6.92. The van der Waals surface area contributed by atoms with E-state index in [2.05, 4.69) is 9.97 Å². The van der Waals surface area contributed by atoms with Gasteiger partial charge < -0.3 is 9.88 Å². The number of pyridine rings is 1. The van der Waals surface area contributed by atoms with Gasteiger partial charge >= 0.3 is 6.18 Å². The third-order valence-electron chi connectivity index (χ3n) is 5.11. The molecule has 4 rings (SSSR count). The Hall–Kier alpha value is -2.94. The van der Waals surface area contributed by atoms with Crippen LogP contribution in [0.1, 0.15) is 21.6 Å². The van der Waals surface area contributed by atoms with E-state index in [-0.39, 0.29) is 23.3 Å². The van der Waals surface area contributed by atoms with Crippen LogP contribution in [0.5, 0.6) is 0 Å². The SMILES string of the molecule is O=C(c1ccccc1F)N1CCN(Cc2c(C(F)(F)F)[nH]c3ncccc23)CC1. The molecule has 1 aromatic carbocycles. The molecule has 1 N–H and O–H groups in total. The molecule has 0 radical (unpaired) electrons. The molecular formula is C20H18F4N4O. The summed E-state index contributed by atoms with van der Waals surface area (Å²) < 4.78 is 54.3. The summed E-state index contributed by atoms with van der Waals surface area (Å²) in [6.45, 7) is 1.50. The van der Waals surface area contributed by atoms with Gasteiger partial charge in [-0.1, -0.05) is 12.1 Å². The molecule has 2 aromatic heterocycles. The molecule has 0 bridgehead atoms. The van der Waals surface area contributed by atoms with Crippen molar-refractivity contribution in [3.8, 4) is 0 Å². The molecular weight excluding hydrogens is 388 g/mol. The van der Waals surface area contributed by atoms with E-state index < -0.39 is 23.6 Å². The molecule has 0 spiro atoms. The number of piperazine rings is 1. The van der Waals surface area contributed by atoms with Gasteiger partial charge in [0.25, 0.3) is 5.91 Å². The van der Waals surface area contributed by atoms with Crippen LogP contribution in [0.4, 0.5) is 17.6 Å². The molecule has 1 fully saturated rings. The van der Waals surface area contributed by atoms with Crippen molar-refractivity contribution in [2.24, 2.45) is 0 Å². The van der Waals surface area contributed by atoms with E-state index in [9.17, 15) is 22.4 Å². The number of carbonyl (C=O) groups excluding carboxylic acids is 1. The number of aromatic amines is 1. The molecule has 0 unspecified atom stereocenters. The van der Waals surface area contributed by atoms with E-state index >= 15 is 0 Å². The Morgan fingerprint density at radius 3 is 2.48 bits per heavy atom. The zero-order valence-electron chi connectivity index (χ0n) is 15.3. The maximum atomic E-state index is 13.9. The van der Waals surface area contributed by atoms with Crippen molar-refractivity contribution in [2.75, 3.05) is 26.2 Å². The number of carbonyl (C=O) groups is 1. The van der Waals surface area contributed by atoms with Crippen LogP contribution in [0.2, 0.25) is 0 Å². The first-order chi connectivity index (χ1) is 13.8. The number of fused-ring (bicyclic) bond motifs is 1. The number of rotatable bonds is 3. The van der Waals surface area contributed by atoms with Crippen molar-refractivity contribution in [1.82, 2.24) is 19.8 Å². The molecule has 0 aliphatic carbocycles. The van der Waals surface area contributed by atoms with E-state index in [1.165, 1.54) is 29.3 Å². The monoisotopic (exact) mass is 406 g/mol. The van der Waals surface area contributed by atoms with E-state index in [0.29, 0.717) is 31.6 Å². The van der Waals surface area contributed by atoms with Gasteiger partial charge in [0.2, 0.25) is 0 Å². The van der Waals surface area contributed by atoms with E-state index in [1.54, 1.807) is 18.2 Å². The van der Waals surface area contributed by atoms with Crippen LogP contribution >= 0.6 is 0 Å². The second kappa shape index (κ2) is 7.47. The van der Waals surface area contributed by atoms with Crippen LogP contribution < -0.4 is 0 Å². The maximum Gasteiger partial charge on any atom is 0.431 e. The Labute approximate surface area is 163 Å². The zero-order chi connectivity index (χ0) is 20.6. The molecule has 3 aromatic rings. The number of amides is 1. The lowest BCUT2D eigenvalue weighted by Crippen LogP contribution is -2.48. The average molecular weight is 406 g/mol. The number of alkyl halides is 3. The predicted octanol–water partition coefficient (Wildman–Crippen LogP) is 3.68. The second-order valence-electron chi connectivity index (χ2n) is 6.92. The number of halogens is 4. The van der Waals surface area contributed by atoms with Gasteiger partial charge in [-0.3, -0.25) is 9.69 Å². The molecule has 0 atom stereocenters. The van der Waals surface area contributed by atoms with Crippen molar-refractivity contribution < 1.29 is 22.4 Å². The molecule has 29 heavy (non-hydrogen) atoms. The first kappa shape index (κ1) is 19.4.